The molecule has 97 heavy (non-hydrogen) atoms. The molecular weight excluding hydrogens is 1240 g/mol. The van der Waals surface area contributed by atoms with Gasteiger partial charge in [-0.05, 0) is 205 Å². The number of aldehydes is 1. The number of aromatic carboxylic acids is 1. The molecule has 2 heterocycles. The topological polar surface area (TPSA) is 254 Å². The fourth-order valence-electron chi connectivity index (χ4n) is 13.3. The highest BCUT2D eigenvalue weighted by atomic mass is 28.4. The van der Waals surface area contributed by atoms with Gasteiger partial charge in [-0.25, -0.2) is 14.4 Å². The first kappa shape index (κ1) is 79.3. The number of amides is 1. The summed E-state index contributed by atoms with van der Waals surface area (Å²) in [4.78, 5) is 68.4. The average Bonchev–Trinajstić information content (AvgIpc) is 1.50. The summed E-state index contributed by atoms with van der Waals surface area (Å²) in [6.07, 6.45) is 18.4. The zero-order valence-electron chi connectivity index (χ0n) is 58.4. The van der Waals surface area contributed by atoms with Crippen LogP contribution in [0.1, 0.15) is 159 Å². The van der Waals surface area contributed by atoms with Crippen LogP contribution in [0, 0.1) is 54.6 Å². The maximum Gasteiger partial charge on any atom is 0.407 e. The van der Waals surface area contributed by atoms with Crippen LogP contribution in [0.2, 0.25) is 19.6 Å². The van der Waals surface area contributed by atoms with Crippen molar-refractivity contribution < 1.29 is 58.1 Å². The van der Waals surface area contributed by atoms with Gasteiger partial charge in [0.25, 0.3) is 0 Å². The highest BCUT2D eigenvalue weighted by Gasteiger charge is 2.47. The van der Waals surface area contributed by atoms with Crippen molar-refractivity contribution >= 4 is 38.6 Å². The van der Waals surface area contributed by atoms with E-state index in [1.165, 1.54) is 58.9 Å². The SMILES string of the molecule is CC.COC(=O)C1=CCCC1.C[Si](C)(C)OC(c1ccccc1)(c1ccccc1)[C@@H]1CCCN1.Cc1cc(C)nc(C)c1.O=C(NC[C@@H]1CCC[C@H]1C(=O)O)OCC1c2ccccc2-c2ccccc21.O=C(O)c1ccccc1.O=CC1=CCCC1.O=[N+]([O-])C[C@@H]1CCC[C@H]1CO. The van der Waals surface area contributed by atoms with Crippen molar-refractivity contribution in [2.45, 2.75) is 162 Å². The number of hydrogen-bond acceptors (Lipinski definition) is 13. The number of hydrogen-bond donors (Lipinski definition) is 5. The second-order valence-electron chi connectivity index (χ2n) is 25.8. The Morgan fingerprint density at radius 1 is 0.691 bits per heavy atom. The molecule has 522 valence electrons. The number of ether oxygens (including phenoxy) is 2. The Morgan fingerprint density at radius 3 is 1.66 bits per heavy atom. The van der Waals surface area contributed by atoms with Crippen LogP contribution in [0.15, 0.2) is 175 Å². The molecule has 0 spiro atoms. The Labute approximate surface area is 575 Å². The molecule has 2 saturated carbocycles. The average molecular weight is 1350 g/mol. The Morgan fingerprint density at radius 2 is 1.22 bits per heavy atom. The highest BCUT2D eigenvalue weighted by Crippen LogP contribution is 2.45. The minimum Gasteiger partial charge on any atom is -0.481 e. The first-order valence-corrected chi connectivity index (χ1v) is 37.8. The molecule has 12 rings (SSSR count). The van der Waals surface area contributed by atoms with Crippen LogP contribution >= 0.6 is 0 Å². The summed E-state index contributed by atoms with van der Waals surface area (Å²) in [6.45, 7) is 18.8. The molecule has 1 aromatic heterocycles. The van der Waals surface area contributed by atoms with Crippen molar-refractivity contribution in [3.63, 3.8) is 0 Å². The summed E-state index contributed by atoms with van der Waals surface area (Å²) in [5.41, 5.74) is 12.5. The van der Waals surface area contributed by atoms with Crippen LogP contribution in [0.5, 0.6) is 0 Å². The molecule has 0 unspecified atom stereocenters. The van der Waals surface area contributed by atoms with Crippen molar-refractivity contribution in [2.24, 2.45) is 23.7 Å². The van der Waals surface area contributed by atoms with Gasteiger partial charge in [0.15, 0.2) is 8.32 Å². The molecule has 18 heteroatoms. The number of carboxylic acids is 2. The number of methoxy groups -OCH3 is 1. The maximum absolute atomic E-state index is 12.2. The van der Waals surface area contributed by atoms with Crippen LogP contribution in [-0.2, 0) is 33.9 Å². The fraction of sp³-hybridized carbons (Fsp3) is 0.443. The summed E-state index contributed by atoms with van der Waals surface area (Å²) < 4.78 is 17.0. The number of nitro groups is 1. The standard InChI is InChI=1S/C22H23NO4.C20H27NOSi.C8H11N.C7H13NO3.C7H10O2.C7H6O2.C6H8O.C2H6/c24-21(25)15-11-5-6-14(15)12-23-22(26)27-13-20-18-9-3-1-7-16(18)17-8-2-4-10-19(17)20;1-23(2,3)22-20(19-15-10-16-21-19,17-11-6-4-7-12-17)18-13-8-5-9-14-18;1-6-4-7(2)9-8(3)5-6;9-5-7-3-1-2-6(7)4-8(10)11;1-9-7(8)6-4-2-3-5-6;8-7(9)6-4-2-1-3-5-6;7-5-6-3-1-2-4-6;1-2/h1-4,7-10,14-15,20H,5-6,11-13H2,(H,23,26)(H,24,25);4-9,11-14,19,21H,10,15-16H2,1-3H3;4-5H,1-3H3;6-7,9H,1-5H2;4H,2-3,5H2,1H3;1-5H,(H,8,9);3,5H,1-2,4H2;1-2H3/t14-,15+;19-;;6-,7-;;;;/m00.0..../s1. The van der Waals surface area contributed by atoms with Gasteiger partial charge in [-0.1, -0.05) is 166 Å². The molecule has 17 nitrogen and oxygen atoms in total. The summed E-state index contributed by atoms with van der Waals surface area (Å²) >= 11 is 0. The number of pyridine rings is 1. The van der Waals surface area contributed by atoms with Gasteiger partial charge in [-0.3, -0.25) is 24.7 Å². The van der Waals surface area contributed by atoms with Gasteiger partial charge in [-0.15, -0.1) is 0 Å². The number of rotatable bonds is 16. The fourth-order valence-corrected chi connectivity index (χ4v) is 14.7. The van der Waals surface area contributed by atoms with Crippen LogP contribution in [-0.4, -0.2) is 110 Å². The molecule has 6 aliphatic rings. The molecular formula is C79H104N4O13Si. The first-order chi connectivity index (χ1) is 46.7. The van der Waals surface area contributed by atoms with Crippen molar-refractivity contribution in [1.82, 2.24) is 15.6 Å². The van der Waals surface area contributed by atoms with Crippen LogP contribution in [0.4, 0.5) is 4.79 Å². The number of aromatic nitrogens is 1. The number of carbonyl (C=O) groups excluding carboxylic acids is 3. The number of aliphatic hydroxyl groups is 1. The number of esters is 1. The van der Waals surface area contributed by atoms with Gasteiger partial charge in [-0.2, -0.15) is 0 Å². The van der Waals surface area contributed by atoms with E-state index >= 15 is 0 Å². The minimum atomic E-state index is -1.77. The van der Waals surface area contributed by atoms with E-state index in [2.05, 4.69) is 144 Å². The molecule has 5 N–H and O–H groups in total. The number of aryl methyl sites for hydroxylation is 3. The number of fused-ring (bicyclic) bond motifs is 3. The van der Waals surface area contributed by atoms with E-state index < -0.39 is 32.0 Å². The van der Waals surface area contributed by atoms with E-state index in [9.17, 15) is 39.2 Å². The number of aliphatic carboxylic acids is 1. The van der Waals surface area contributed by atoms with Crippen molar-refractivity contribution in [2.75, 3.05) is 40.0 Å². The van der Waals surface area contributed by atoms with Gasteiger partial charge in [0.1, 0.15) is 18.5 Å². The van der Waals surface area contributed by atoms with Crippen molar-refractivity contribution in [3.05, 3.63) is 230 Å². The van der Waals surface area contributed by atoms with Crippen LogP contribution < -0.4 is 10.6 Å². The molecule has 1 amide bonds. The number of aliphatic hydroxyl groups excluding tert-OH is 1. The number of benzene rings is 5. The van der Waals surface area contributed by atoms with Gasteiger partial charge in [0.2, 0.25) is 6.54 Å². The molecule has 5 aromatic carbocycles. The molecule has 5 aliphatic carbocycles. The number of nitrogens with one attached hydrogen (secondary N) is 2. The smallest absolute Gasteiger partial charge is 0.407 e. The lowest BCUT2D eigenvalue weighted by atomic mass is 9.79. The lowest BCUT2D eigenvalue weighted by Gasteiger charge is -2.44. The van der Waals surface area contributed by atoms with Gasteiger partial charge in [0, 0.05) is 52.9 Å². The molecule has 6 aromatic rings. The molecule has 1 saturated heterocycles. The van der Waals surface area contributed by atoms with Gasteiger partial charge >= 0.3 is 24.0 Å². The summed E-state index contributed by atoms with van der Waals surface area (Å²) in [5.74, 6) is -1.85. The monoisotopic (exact) mass is 1340 g/mol. The highest BCUT2D eigenvalue weighted by molar-refractivity contribution is 6.69. The third kappa shape index (κ3) is 25.5. The van der Waals surface area contributed by atoms with Gasteiger partial charge < -0.3 is 39.9 Å². The van der Waals surface area contributed by atoms with Crippen molar-refractivity contribution in [1.29, 1.82) is 0 Å². The largest absolute Gasteiger partial charge is 0.481 e. The Balaban J connectivity index is 0.000000217. The normalized spacial score (nSPS) is 18.5. The van der Waals surface area contributed by atoms with Crippen LogP contribution in [0.3, 0.4) is 0 Å². The number of carboxylic acid groups (broad SMARTS) is 2. The summed E-state index contributed by atoms with van der Waals surface area (Å²) in [5, 5.41) is 43.1. The van der Waals surface area contributed by atoms with E-state index in [1.807, 2.05) is 64.1 Å². The second-order valence-corrected chi connectivity index (χ2v) is 30.3. The Kier molecular flexibility index (Phi) is 34.0. The van der Waals surface area contributed by atoms with E-state index in [-0.39, 0.29) is 60.2 Å². The summed E-state index contributed by atoms with van der Waals surface area (Å²) in [6, 6.07) is 50.7. The predicted octanol–water partition coefficient (Wildman–Crippen LogP) is 16.2. The molecule has 1 aliphatic heterocycles. The third-order valence-corrected chi connectivity index (χ3v) is 18.6. The Bertz CT molecular complexity index is 3330. The summed E-state index contributed by atoms with van der Waals surface area (Å²) in [7, 11) is -0.348. The van der Waals surface area contributed by atoms with Gasteiger partial charge in [0.05, 0.1) is 18.6 Å². The van der Waals surface area contributed by atoms with Crippen molar-refractivity contribution in [3.8, 4) is 11.1 Å². The molecule has 0 bridgehead atoms. The number of allylic oxidation sites excluding steroid dienone is 3. The Hall–Kier alpha value is -8.42. The maximum atomic E-state index is 12.2. The first-order valence-electron chi connectivity index (χ1n) is 34.4. The van der Waals surface area contributed by atoms with E-state index in [4.69, 9.17) is 19.4 Å². The molecule has 5 atom stereocenters. The van der Waals surface area contributed by atoms with Crippen LogP contribution in [0.25, 0.3) is 11.1 Å². The number of carbonyl (C=O) groups is 5. The lowest BCUT2D eigenvalue weighted by molar-refractivity contribution is -0.489. The lowest BCUT2D eigenvalue weighted by Crippen LogP contribution is -2.53. The molecule has 3 fully saturated rings. The van der Waals surface area contributed by atoms with E-state index in [0.29, 0.717) is 24.6 Å². The predicted molar refractivity (Wildman–Crippen MR) is 386 cm³/mol. The van der Waals surface area contributed by atoms with E-state index in [0.717, 1.165) is 106 Å². The molecule has 0 radical (unpaired) electrons. The third-order valence-electron chi connectivity index (χ3n) is 17.6. The zero-order chi connectivity index (χ0) is 70.8. The quantitative estimate of drug-likeness (QED) is 0.0199. The minimum absolute atomic E-state index is 0.0111. The second kappa shape index (κ2) is 41.6. The number of alkyl carbamates (subject to hydrolysis) is 1. The number of nitrogens with zero attached hydrogens (tertiary/aromatic N) is 2. The zero-order valence-corrected chi connectivity index (χ0v) is 59.4. The van der Waals surface area contributed by atoms with E-state index in [1.54, 1.807) is 30.3 Å².